The molecule has 4 rings (SSSR count). The number of nitrogens with zero attached hydrogens (tertiary/aromatic N) is 4. The van der Waals surface area contributed by atoms with Crippen molar-refractivity contribution in [3.63, 3.8) is 0 Å². The van der Waals surface area contributed by atoms with E-state index in [-0.39, 0.29) is 0 Å². The van der Waals surface area contributed by atoms with Gasteiger partial charge in [0.05, 0.1) is 0 Å². The molecule has 29 heavy (non-hydrogen) atoms. The van der Waals surface area contributed by atoms with E-state index in [0.29, 0.717) is 0 Å². The maximum Gasteiger partial charge on any atom is 0.0407 e. The van der Waals surface area contributed by atoms with Gasteiger partial charge in [-0.25, -0.2) is 0 Å². The zero-order chi connectivity index (χ0) is 20.1. The molecule has 2 saturated heterocycles. The van der Waals surface area contributed by atoms with E-state index in [9.17, 15) is 0 Å². The second-order valence-corrected chi connectivity index (χ2v) is 8.76. The quantitative estimate of drug-likeness (QED) is 0.711. The van der Waals surface area contributed by atoms with E-state index < -0.39 is 0 Å². The van der Waals surface area contributed by atoms with Gasteiger partial charge in [-0.15, -0.1) is 0 Å². The summed E-state index contributed by atoms with van der Waals surface area (Å²) in [6.07, 6.45) is 1.27. The van der Waals surface area contributed by atoms with Crippen LogP contribution in [0.5, 0.6) is 0 Å². The average Bonchev–Trinajstić information content (AvgIpc) is 2.75. The fourth-order valence-electron chi connectivity index (χ4n) is 4.45. The molecule has 0 spiro atoms. The van der Waals surface area contributed by atoms with Crippen molar-refractivity contribution in [1.29, 1.82) is 0 Å². The van der Waals surface area contributed by atoms with E-state index in [0.717, 1.165) is 44.3 Å². The Bertz CT molecular complexity index is 763. The maximum atomic E-state index is 6.01. The molecule has 0 aliphatic carbocycles. The summed E-state index contributed by atoms with van der Waals surface area (Å²) >= 11 is 6.01. The van der Waals surface area contributed by atoms with Crippen molar-refractivity contribution in [3.05, 3.63) is 59.1 Å². The Morgan fingerprint density at radius 1 is 0.690 bits per heavy atom. The molecule has 5 heteroatoms. The van der Waals surface area contributed by atoms with Crippen LogP contribution in [0.25, 0.3) is 0 Å². The van der Waals surface area contributed by atoms with Crippen LogP contribution in [0.3, 0.4) is 0 Å². The summed E-state index contributed by atoms with van der Waals surface area (Å²) in [4.78, 5) is 10.3. The summed E-state index contributed by atoms with van der Waals surface area (Å²) in [6.45, 7) is 13.8. The first-order chi connectivity index (χ1) is 14.2. The molecule has 2 aliphatic heterocycles. The van der Waals surface area contributed by atoms with Crippen LogP contribution in [-0.4, -0.2) is 75.2 Å². The number of hydrogen-bond acceptors (Lipinski definition) is 4. The van der Waals surface area contributed by atoms with Crippen molar-refractivity contribution in [3.8, 4) is 0 Å². The topological polar surface area (TPSA) is 13.0 Å². The zero-order valence-corrected chi connectivity index (χ0v) is 18.3. The number of piperazine rings is 2. The molecular weight excluding hydrogens is 380 g/mol. The SMILES string of the molecule is Cc1cccc(N2CCN(CCCN3CCN(c4ccc(Cl)cc4)CC3)CC2)c1. The minimum absolute atomic E-state index is 0.812. The number of aryl methyl sites for hydroxylation is 1. The maximum absolute atomic E-state index is 6.01. The number of rotatable bonds is 6. The lowest BCUT2D eigenvalue weighted by Gasteiger charge is -2.38. The molecular formula is C24H33ClN4. The Hall–Kier alpha value is -1.75. The first-order valence-corrected chi connectivity index (χ1v) is 11.3. The lowest BCUT2D eigenvalue weighted by atomic mass is 10.2. The molecule has 2 aromatic rings. The van der Waals surface area contributed by atoms with E-state index in [1.807, 2.05) is 12.1 Å². The van der Waals surface area contributed by atoms with Crippen molar-refractivity contribution in [1.82, 2.24) is 9.80 Å². The fourth-order valence-corrected chi connectivity index (χ4v) is 4.58. The molecule has 0 aromatic heterocycles. The minimum atomic E-state index is 0.812. The van der Waals surface area contributed by atoms with E-state index >= 15 is 0 Å². The highest BCUT2D eigenvalue weighted by atomic mass is 35.5. The molecule has 0 saturated carbocycles. The molecule has 2 heterocycles. The molecule has 156 valence electrons. The predicted octanol–water partition coefficient (Wildman–Crippen LogP) is 3.98. The average molecular weight is 413 g/mol. The second kappa shape index (κ2) is 9.84. The minimum Gasteiger partial charge on any atom is -0.369 e. The standard InChI is InChI=1S/C24H33ClN4/c1-21-4-2-5-24(20-21)29-18-14-27(15-19-29)11-3-10-26-12-16-28(17-13-26)23-8-6-22(25)7-9-23/h2,4-9,20H,3,10-19H2,1H3. The van der Waals surface area contributed by atoms with Crippen LogP contribution in [0.15, 0.2) is 48.5 Å². The number of anilines is 2. The van der Waals surface area contributed by atoms with Gasteiger partial charge in [-0.2, -0.15) is 0 Å². The van der Waals surface area contributed by atoms with Gasteiger partial charge in [-0.3, -0.25) is 9.80 Å². The molecule has 0 N–H and O–H groups in total. The monoisotopic (exact) mass is 412 g/mol. The van der Waals surface area contributed by atoms with Crippen LogP contribution in [0.2, 0.25) is 5.02 Å². The van der Waals surface area contributed by atoms with Crippen LogP contribution in [-0.2, 0) is 0 Å². The van der Waals surface area contributed by atoms with Crippen molar-refractivity contribution < 1.29 is 0 Å². The number of hydrogen-bond donors (Lipinski definition) is 0. The van der Waals surface area contributed by atoms with Gasteiger partial charge in [0.25, 0.3) is 0 Å². The van der Waals surface area contributed by atoms with Crippen LogP contribution in [0.1, 0.15) is 12.0 Å². The smallest absolute Gasteiger partial charge is 0.0407 e. The molecule has 2 aliphatic rings. The molecule has 0 radical (unpaired) electrons. The van der Waals surface area contributed by atoms with Crippen molar-refractivity contribution in [2.45, 2.75) is 13.3 Å². The highest BCUT2D eigenvalue weighted by Gasteiger charge is 2.19. The lowest BCUT2D eigenvalue weighted by Crippen LogP contribution is -2.48. The molecule has 0 bridgehead atoms. The van der Waals surface area contributed by atoms with Crippen LogP contribution < -0.4 is 9.80 Å². The van der Waals surface area contributed by atoms with Gasteiger partial charge in [0.1, 0.15) is 0 Å². The lowest BCUT2D eigenvalue weighted by molar-refractivity contribution is 0.213. The summed E-state index contributed by atoms with van der Waals surface area (Å²) in [5.41, 5.74) is 4.02. The van der Waals surface area contributed by atoms with Crippen molar-refractivity contribution in [2.24, 2.45) is 0 Å². The fraction of sp³-hybridized carbons (Fsp3) is 0.500. The third-order valence-corrected chi connectivity index (χ3v) is 6.50. The first kappa shape index (κ1) is 20.5. The third-order valence-electron chi connectivity index (χ3n) is 6.25. The predicted molar refractivity (Wildman–Crippen MR) is 125 cm³/mol. The largest absolute Gasteiger partial charge is 0.369 e. The summed E-state index contributed by atoms with van der Waals surface area (Å²) in [7, 11) is 0. The molecule has 2 fully saturated rings. The summed E-state index contributed by atoms with van der Waals surface area (Å²) in [5, 5.41) is 0.812. The Labute approximate surface area is 180 Å². The van der Waals surface area contributed by atoms with Gasteiger partial charge in [0, 0.05) is 68.8 Å². The Morgan fingerprint density at radius 2 is 1.24 bits per heavy atom. The van der Waals surface area contributed by atoms with E-state index in [4.69, 9.17) is 11.6 Å². The van der Waals surface area contributed by atoms with Crippen molar-refractivity contribution in [2.75, 3.05) is 75.2 Å². The highest BCUT2D eigenvalue weighted by Crippen LogP contribution is 2.20. The molecule has 4 nitrogen and oxygen atoms in total. The van der Waals surface area contributed by atoms with E-state index in [1.54, 1.807) is 0 Å². The molecule has 0 atom stereocenters. The highest BCUT2D eigenvalue weighted by molar-refractivity contribution is 6.30. The molecule has 0 amide bonds. The zero-order valence-electron chi connectivity index (χ0n) is 17.6. The van der Waals surface area contributed by atoms with Gasteiger partial charge >= 0.3 is 0 Å². The normalized spacial score (nSPS) is 19.0. The Morgan fingerprint density at radius 3 is 1.79 bits per heavy atom. The van der Waals surface area contributed by atoms with Crippen LogP contribution >= 0.6 is 11.6 Å². The van der Waals surface area contributed by atoms with Crippen molar-refractivity contribution >= 4 is 23.0 Å². The molecule has 0 unspecified atom stereocenters. The summed E-state index contributed by atoms with van der Waals surface area (Å²) in [6, 6.07) is 17.1. The first-order valence-electron chi connectivity index (χ1n) is 10.9. The van der Waals surface area contributed by atoms with Gasteiger partial charge in [0.2, 0.25) is 0 Å². The second-order valence-electron chi connectivity index (χ2n) is 8.33. The number of benzene rings is 2. The molecule has 2 aromatic carbocycles. The summed E-state index contributed by atoms with van der Waals surface area (Å²) in [5.74, 6) is 0. The van der Waals surface area contributed by atoms with Gasteiger partial charge in [0.15, 0.2) is 0 Å². The van der Waals surface area contributed by atoms with Crippen LogP contribution in [0, 0.1) is 6.92 Å². The Kier molecular flexibility index (Phi) is 6.96. The van der Waals surface area contributed by atoms with Gasteiger partial charge in [-0.1, -0.05) is 23.7 Å². The van der Waals surface area contributed by atoms with Crippen LogP contribution in [0.4, 0.5) is 11.4 Å². The third kappa shape index (κ3) is 5.65. The summed E-state index contributed by atoms with van der Waals surface area (Å²) < 4.78 is 0. The van der Waals surface area contributed by atoms with E-state index in [2.05, 4.69) is 62.9 Å². The van der Waals surface area contributed by atoms with E-state index in [1.165, 1.54) is 49.5 Å². The van der Waals surface area contributed by atoms with Gasteiger partial charge in [-0.05, 0) is 68.4 Å². The van der Waals surface area contributed by atoms with Gasteiger partial charge < -0.3 is 9.80 Å². The number of halogens is 1. The Balaban J connectivity index is 1.13.